The average Bonchev–Trinajstić information content (AvgIpc) is 1.93. The van der Waals surface area contributed by atoms with E-state index in [0.717, 1.165) is 16.7 Å². The van der Waals surface area contributed by atoms with Crippen molar-refractivity contribution < 1.29 is 0 Å². The fraction of sp³-hybridized carbons (Fsp3) is 0.375. The molecule has 0 fully saturated rings. The van der Waals surface area contributed by atoms with Gasteiger partial charge in [-0.3, -0.25) is 4.79 Å². The summed E-state index contributed by atoms with van der Waals surface area (Å²) >= 11 is 0. The number of hydrogen-bond acceptors (Lipinski definition) is 1. The van der Waals surface area contributed by atoms with E-state index in [0.29, 0.717) is 0 Å². The Kier molecular flexibility index (Phi) is 1.62. The van der Waals surface area contributed by atoms with E-state index < -0.39 is 0 Å². The zero-order chi connectivity index (χ0) is 7.72. The Balaban J connectivity index is 3.49. The van der Waals surface area contributed by atoms with Gasteiger partial charge in [0.25, 0.3) is 5.56 Å². The number of aryl methyl sites for hydroxylation is 1. The topological polar surface area (TPSA) is 32.9 Å². The van der Waals surface area contributed by atoms with E-state index in [2.05, 4.69) is 4.98 Å². The van der Waals surface area contributed by atoms with E-state index in [1.54, 1.807) is 6.20 Å². The molecule has 0 radical (unpaired) electrons. The maximum atomic E-state index is 10.9. The van der Waals surface area contributed by atoms with Crippen LogP contribution in [0.25, 0.3) is 0 Å². The highest BCUT2D eigenvalue weighted by molar-refractivity contribution is 5.27. The smallest absolute Gasteiger partial charge is 0.251 e. The summed E-state index contributed by atoms with van der Waals surface area (Å²) < 4.78 is 0. The quantitative estimate of drug-likeness (QED) is 0.574. The zero-order valence-electron chi connectivity index (χ0n) is 6.49. The molecule has 0 aliphatic heterocycles. The number of rotatable bonds is 0. The molecule has 10 heavy (non-hydrogen) atoms. The van der Waals surface area contributed by atoms with Crippen molar-refractivity contribution in [3.8, 4) is 0 Å². The van der Waals surface area contributed by atoms with Gasteiger partial charge in [0.05, 0.1) is 0 Å². The van der Waals surface area contributed by atoms with Crippen LogP contribution in [0.15, 0.2) is 11.0 Å². The molecule has 54 valence electrons. The SMILES string of the molecule is Cc1c[nH]c(=O)c(C)c1C. The highest BCUT2D eigenvalue weighted by atomic mass is 16.1. The number of pyridine rings is 1. The first-order valence-corrected chi connectivity index (χ1v) is 3.28. The number of H-pyrrole nitrogens is 1. The minimum Gasteiger partial charge on any atom is -0.329 e. The molecule has 0 spiro atoms. The number of aromatic nitrogens is 1. The zero-order valence-corrected chi connectivity index (χ0v) is 6.49. The summed E-state index contributed by atoms with van der Waals surface area (Å²) in [5.41, 5.74) is 3.06. The first-order valence-electron chi connectivity index (χ1n) is 3.28. The summed E-state index contributed by atoms with van der Waals surface area (Å²) in [6, 6.07) is 0. The van der Waals surface area contributed by atoms with Gasteiger partial charge in [-0.1, -0.05) is 0 Å². The summed E-state index contributed by atoms with van der Waals surface area (Å²) in [4.78, 5) is 13.6. The van der Waals surface area contributed by atoms with E-state index >= 15 is 0 Å². The van der Waals surface area contributed by atoms with Crippen molar-refractivity contribution in [2.24, 2.45) is 0 Å². The monoisotopic (exact) mass is 137 g/mol. The lowest BCUT2D eigenvalue weighted by Gasteiger charge is -2.00. The highest BCUT2D eigenvalue weighted by Gasteiger charge is 1.98. The molecule has 0 unspecified atom stereocenters. The number of nitrogens with one attached hydrogen (secondary N) is 1. The van der Waals surface area contributed by atoms with Crippen LogP contribution in [-0.4, -0.2) is 4.98 Å². The maximum Gasteiger partial charge on any atom is 0.251 e. The van der Waals surface area contributed by atoms with Gasteiger partial charge in [0.15, 0.2) is 0 Å². The van der Waals surface area contributed by atoms with Crippen molar-refractivity contribution in [2.45, 2.75) is 20.8 Å². The maximum absolute atomic E-state index is 10.9. The third kappa shape index (κ3) is 0.967. The third-order valence-electron chi connectivity index (χ3n) is 1.91. The van der Waals surface area contributed by atoms with Gasteiger partial charge in [-0.05, 0) is 31.9 Å². The van der Waals surface area contributed by atoms with Crippen molar-refractivity contribution in [1.29, 1.82) is 0 Å². The van der Waals surface area contributed by atoms with Crippen LogP contribution in [0.5, 0.6) is 0 Å². The summed E-state index contributed by atoms with van der Waals surface area (Å²) in [6.45, 7) is 5.78. The molecule has 0 saturated heterocycles. The van der Waals surface area contributed by atoms with Gasteiger partial charge >= 0.3 is 0 Å². The van der Waals surface area contributed by atoms with E-state index in [1.165, 1.54) is 0 Å². The van der Waals surface area contributed by atoms with E-state index in [1.807, 2.05) is 20.8 Å². The van der Waals surface area contributed by atoms with E-state index in [9.17, 15) is 4.79 Å². The number of hydrogen-bond donors (Lipinski definition) is 1. The molecule has 1 rings (SSSR count). The van der Waals surface area contributed by atoms with Gasteiger partial charge < -0.3 is 4.98 Å². The molecule has 1 aromatic rings. The highest BCUT2D eigenvalue weighted by Crippen LogP contribution is 2.04. The lowest BCUT2D eigenvalue weighted by atomic mass is 10.1. The molecule has 0 atom stereocenters. The van der Waals surface area contributed by atoms with Crippen LogP contribution in [-0.2, 0) is 0 Å². The van der Waals surface area contributed by atoms with Crippen molar-refractivity contribution >= 4 is 0 Å². The van der Waals surface area contributed by atoms with Crippen LogP contribution in [0.1, 0.15) is 16.7 Å². The van der Waals surface area contributed by atoms with Gasteiger partial charge in [0, 0.05) is 11.8 Å². The van der Waals surface area contributed by atoms with Crippen molar-refractivity contribution in [2.75, 3.05) is 0 Å². The Labute approximate surface area is 59.9 Å². The first-order chi connectivity index (χ1) is 4.63. The Bertz CT molecular complexity index is 299. The lowest BCUT2D eigenvalue weighted by molar-refractivity contribution is 1.11. The van der Waals surface area contributed by atoms with Crippen LogP contribution in [0.4, 0.5) is 0 Å². The van der Waals surface area contributed by atoms with Crippen LogP contribution in [0, 0.1) is 20.8 Å². The predicted octanol–water partition coefficient (Wildman–Crippen LogP) is 1.30. The van der Waals surface area contributed by atoms with E-state index in [4.69, 9.17) is 0 Å². The minimum absolute atomic E-state index is 0.0168. The molecule has 2 nitrogen and oxygen atoms in total. The Morgan fingerprint density at radius 3 is 2.30 bits per heavy atom. The Hall–Kier alpha value is -1.05. The Morgan fingerprint density at radius 2 is 1.80 bits per heavy atom. The van der Waals surface area contributed by atoms with Crippen LogP contribution >= 0.6 is 0 Å². The molecule has 0 aliphatic rings. The molecule has 1 N–H and O–H groups in total. The standard InChI is InChI=1S/C8H11NO/c1-5-4-9-8(10)7(3)6(5)2/h4H,1-3H3,(H,9,10). The van der Waals surface area contributed by atoms with Gasteiger partial charge in [0.1, 0.15) is 0 Å². The van der Waals surface area contributed by atoms with Gasteiger partial charge in [0.2, 0.25) is 0 Å². The fourth-order valence-corrected chi connectivity index (χ4v) is 0.856. The molecular formula is C8H11NO. The molecule has 0 saturated carbocycles. The Morgan fingerprint density at radius 1 is 1.20 bits per heavy atom. The van der Waals surface area contributed by atoms with Gasteiger partial charge in [-0.15, -0.1) is 0 Å². The third-order valence-corrected chi connectivity index (χ3v) is 1.91. The second-order valence-corrected chi connectivity index (χ2v) is 2.55. The summed E-state index contributed by atoms with van der Waals surface area (Å²) in [5.74, 6) is 0. The molecule has 0 aromatic carbocycles. The number of aromatic amines is 1. The lowest BCUT2D eigenvalue weighted by Crippen LogP contribution is -2.10. The fourth-order valence-electron chi connectivity index (χ4n) is 0.856. The van der Waals surface area contributed by atoms with Crippen LogP contribution in [0.3, 0.4) is 0 Å². The molecule has 1 heterocycles. The molecule has 0 aliphatic carbocycles. The van der Waals surface area contributed by atoms with Gasteiger partial charge in [-0.2, -0.15) is 0 Å². The van der Waals surface area contributed by atoms with Crippen molar-refractivity contribution in [1.82, 2.24) is 4.98 Å². The minimum atomic E-state index is 0.0168. The predicted molar refractivity (Wildman–Crippen MR) is 41.3 cm³/mol. The van der Waals surface area contributed by atoms with E-state index in [-0.39, 0.29) is 5.56 Å². The molecule has 1 aromatic heterocycles. The van der Waals surface area contributed by atoms with Crippen molar-refractivity contribution in [3.05, 3.63) is 33.2 Å². The summed E-state index contributed by atoms with van der Waals surface area (Å²) in [6.07, 6.45) is 1.74. The molecule has 0 amide bonds. The normalized spacial score (nSPS) is 9.90. The van der Waals surface area contributed by atoms with Crippen molar-refractivity contribution in [3.63, 3.8) is 0 Å². The molecule has 2 heteroatoms. The largest absolute Gasteiger partial charge is 0.329 e. The summed E-state index contributed by atoms with van der Waals surface area (Å²) in [7, 11) is 0. The first kappa shape index (κ1) is 7.06. The summed E-state index contributed by atoms with van der Waals surface area (Å²) in [5, 5.41) is 0. The van der Waals surface area contributed by atoms with Gasteiger partial charge in [-0.25, -0.2) is 0 Å². The molecular weight excluding hydrogens is 126 g/mol. The molecule has 0 bridgehead atoms. The second-order valence-electron chi connectivity index (χ2n) is 2.55. The van der Waals surface area contributed by atoms with Crippen LogP contribution in [0.2, 0.25) is 0 Å². The average molecular weight is 137 g/mol. The second kappa shape index (κ2) is 2.29. The van der Waals surface area contributed by atoms with Crippen LogP contribution < -0.4 is 5.56 Å².